The first-order chi connectivity index (χ1) is 14.4. The number of hydrogen-bond acceptors (Lipinski definition) is 2. The molecule has 0 aliphatic heterocycles. The molecular formula is C26H41F3O2. The molecule has 5 rings (SSSR count). The molecule has 0 aromatic carbocycles. The van der Waals surface area contributed by atoms with E-state index >= 15 is 0 Å². The van der Waals surface area contributed by atoms with Crippen molar-refractivity contribution in [3.8, 4) is 0 Å². The molecule has 0 bridgehead atoms. The topological polar surface area (TPSA) is 40.5 Å². The van der Waals surface area contributed by atoms with Crippen molar-refractivity contribution >= 4 is 0 Å². The molecule has 0 amide bonds. The molecule has 0 spiro atoms. The minimum absolute atomic E-state index is 0.0220. The Balaban J connectivity index is 1.35. The van der Waals surface area contributed by atoms with Gasteiger partial charge in [0.25, 0.3) is 0 Å². The number of alkyl halides is 3. The van der Waals surface area contributed by atoms with Gasteiger partial charge in [-0.1, -0.05) is 20.8 Å². The van der Waals surface area contributed by atoms with Crippen molar-refractivity contribution in [3.05, 3.63) is 0 Å². The molecule has 2 N–H and O–H groups in total. The largest absolute Gasteiger partial charge is 0.417 e. The van der Waals surface area contributed by atoms with E-state index in [1.807, 2.05) is 0 Å². The number of rotatable bonds is 3. The van der Waals surface area contributed by atoms with Crippen LogP contribution in [-0.4, -0.2) is 28.1 Å². The van der Waals surface area contributed by atoms with E-state index in [-0.39, 0.29) is 35.7 Å². The summed E-state index contributed by atoms with van der Waals surface area (Å²) in [6.07, 6.45) is 4.44. The van der Waals surface area contributed by atoms with E-state index in [2.05, 4.69) is 20.8 Å². The first-order valence-electron chi connectivity index (χ1n) is 12.9. The molecule has 5 saturated carbocycles. The van der Waals surface area contributed by atoms with Gasteiger partial charge in [-0.05, 0) is 123 Å². The summed E-state index contributed by atoms with van der Waals surface area (Å²) in [6, 6.07) is 0. The van der Waals surface area contributed by atoms with Crippen LogP contribution in [-0.2, 0) is 0 Å². The molecule has 0 aromatic heterocycles. The summed E-state index contributed by atoms with van der Waals surface area (Å²) >= 11 is 0. The lowest BCUT2D eigenvalue weighted by Crippen LogP contribution is -2.59. The molecule has 5 heteroatoms. The maximum Gasteiger partial charge on any atom is 0.417 e. The van der Waals surface area contributed by atoms with Crippen LogP contribution in [0.25, 0.3) is 0 Å². The van der Waals surface area contributed by atoms with E-state index in [0.29, 0.717) is 41.9 Å². The van der Waals surface area contributed by atoms with Crippen LogP contribution in [0.15, 0.2) is 0 Å². The first-order valence-corrected chi connectivity index (χ1v) is 12.9. The fourth-order valence-corrected chi connectivity index (χ4v) is 9.51. The van der Waals surface area contributed by atoms with Gasteiger partial charge < -0.3 is 10.2 Å². The Kier molecular flexibility index (Phi) is 5.16. The fourth-order valence-electron chi connectivity index (χ4n) is 9.51. The highest BCUT2D eigenvalue weighted by Gasteiger charge is 2.65. The maximum atomic E-state index is 13.5. The SMILES string of the molecule is C[C@H]([C@H](O)C1CC1)[C@H]1CC[C@H]2[C@@H]3CC[C@@H]4C[C@@](O)(C(F)(F)F)CC[C@]4(C)[C@H]3CC[C@]12C. The molecule has 5 fully saturated rings. The fraction of sp³-hybridized carbons (Fsp3) is 1.00. The van der Waals surface area contributed by atoms with Gasteiger partial charge in [-0.3, -0.25) is 0 Å². The number of halogens is 3. The molecule has 2 nitrogen and oxygen atoms in total. The van der Waals surface area contributed by atoms with Gasteiger partial charge in [-0.2, -0.15) is 13.2 Å². The Morgan fingerprint density at radius 2 is 1.52 bits per heavy atom. The predicted molar refractivity (Wildman–Crippen MR) is 114 cm³/mol. The summed E-state index contributed by atoms with van der Waals surface area (Å²) in [5, 5.41) is 21.2. The van der Waals surface area contributed by atoms with Crippen LogP contribution in [0.4, 0.5) is 13.2 Å². The summed E-state index contributed by atoms with van der Waals surface area (Å²) in [6.45, 7) is 6.99. The molecule has 5 aliphatic rings. The van der Waals surface area contributed by atoms with E-state index in [1.54, 1.807) is 0 Å². The monoisotopic (exact) mass is 442 g/mol. The van der Waals surface area contributed by atoms with Crippen molar-refractivity contribution in [2.75, 3.05) is 0 Å². The minimum Gasteiger partial charge on any atom is -0.393 e. The second-order valence-electron chi connectivity index (χ2n) is 12.8. The second kappa shape index (κ2) is 7.10. The van der Waals surface area contributed by atoms with Crippen molar-refractivity contribution < 1.29 is 23.4 Å². The Morgan fingerprint density at radius 3 is 2.16 bits per heavy atom. The number of aliphatic hydroxyl groups is 2. The summed E-state index contributed by atoms with van der Waals surface area (Å²) in [5.41, 5.74) is -2.29. The number of aliphatic hydroxyl groups excluding tert-OH is 1. The van der Waals surface area contributed by atoms with Gasteiger partial charge in [0.15, 0.2) is 5.60 Å². The van der Waals surface area contributed by atoms with Crippen LogP contribution >= 0.6 is 0 Å². The zero-order valence-corrected chi connectivity index (χ0v) is 19.4. The molecule has 178 valence electrons. The average molecular weight is 443 g/mol. The van der Waals surface area contributed by atoms with Gasteiger partial charge in [0.1, 0.15) is 0 Å². The van der Waals surface area contributed by atoms with Crippen LogP contribution in [0.1, 0.15) is 91.4 Å². The molecule has 31 heavy (non-hydrogen) atoms. The van der Waals surface area contributed by atoms with E-state index < -0.39 is 11.8 Å². The summed E-state index contributed by atoms with van der Waals surface area (Å²) in [4.78, 5) is 0. The van der Waals surface area contributed by atoms with E-state index in [1.165, 1.54) is 25.7 Å². The van der Waals surface area contributed by atoms with Gasteiger partial charge in [-0.15, -0.1) is 0 Å². The van der Waals surface area contributed by atoms with Crippen molar-refractivity contribution in [3.63, 3.8) is 0 Å². The molecule has 0 heterocycles. The summed E-state index contributed by atoms with van der Waals surface area (Å²) < 4.78 is 40.6. The molecule has 0 saturated heterocycles. The van der Waals surface area contributed by atoms with Gasteiger partial charge >= 0.3 is 6.18 Å². The Morgan fingerprint density at radius 1 is 0.839 bits per heavy atom. The van der Waals surface area contributed by atoms with E-state index in [9.17, 15) is 23.4 Å². The van der Waals surface area contributed by atoms with Crippen LogP contribution in [0.5, 0.6) is 0 Å². The molecule has 0 aromatic rings. The Bertz CT molecular complexity index is 705. The average Bonchev–Trinajstić information content (AvgIpc) is 3.48. The van der Waals surface area contributed by atoms with Gasteiger partial charge in [-0.25, -0.2) is 0 Å². The zero-order chi connectivity index (χ0) is 22.4. The third-order valence-corrected chi connectivity index (χ3v) is 11.6. The number of fused-ring (bicyclic) bond motifs is 5. The maximum absolute atomic E-state index is 13.5. The zero-order valence-electron chi connectivity index (χ0n) is 19.4. The second-order valence-corrected chi connectivity index (χ2v) is 12.8. The Labute approximate surface area is 185 Å². The smallest absolute Gasteiger partial charge is 0.393 e. The van der Waals surface area contributed by atoms with Crippen molar-refractivity contribution in [2.24, 2.45) is 52.3 Å². The first kappa shape index (κ1) is 22.5. The van der Waals surface area contributed by atoms with Crippen LogP contribution in [0.3, 0.4) is 0 Å². The lowest BCUT2D eigenvalue weighted by molar-refractivity contribution is -0.290. The highest BCUT2D eigenvalue weighted by atomic mass is 19.4. The molecule has 0 radical (unpaired) electrons. The van der Waals surface area contributed by atoms with Crippen molar-refractivity contribution in [1.29, 1.82) is 0 Å². The van der Waals surface area contributed by atoms with E-state index in [0.717, 1.165) is 25.7 Å². The normalized spacial score (nSPS) is 52.1. The van der Waals surface area contributed by atoms with Crippen molar-refractivity contribution in [2.45, 2.75) is 109 Å². The summed E-state index contributed by atoms with van der Waals surface area (Å²) in [7, 11) is 0. The molecular weight excluding hydrogens is 401 g/mol. The summed E-state index contributed by atoms with van der Waals surface area (Å²) in [5.74, 6) is 3.15. The third kappa shape index (κ3) is 3.26. The Hall–Kier alpha value is -0.290. The van der Waals surface area contributed by atoms with E-state index in [4.69, 9.17) is 0 Å². The number of hydrogen-bond donors (Lipinski definition) is 2. The highest BCUT2D eigenvalue weighted by molar-refractivity contribution is 5.12. The highest BCUT2D eigenvalue weighted by Crippen LogP contribution is 2.69. The van der Waals surface area contributed by atoms with Crippen LogP contribution < -0.4 is 0 Å². The standard InChI is InChI=1S/C26H41F3O2/c1-15(22(30)16-4-5-16)19-8-9-20-18-7-6-17-14-25(31,26(27,28)29)13-12-23(17,2)21(18)10-11-24(19,20)3/h15-22,30-31H,4-14H2,1-3H3/t15-,17+,18-,19+,20-,21-,22-,23-,24+,25+/m0/s1. The predicted octanol–water partition coefficient (Wildman–Crippen LogP) is 6.35. The molecule has 0 unspecified atom stereocenters. The third-order valence-electron chi connectivity index (χ3n) is 11.6. The minimum atomic E-state index is -4.52. The van der Waals surface area contributed by atoms with Gasteiger partial charge in [0.05, 0.1) is 6.10 Å². The van der Waals surface area contributed by atoms with Gasteiger partial charge in [0.2, 0.25) is 0 Å². The van der Waals surface area contributed by atoms with Crippen LogP contribution in [0, 0.1) is 52.3 Å². The molecule has 5 aliphatic carbocycles. The van der Waals surface area contributed by atoms with Gasteiger partial charge in [0, 0.05) is 0 Å². The lowest BCUT2D eigenvalue weighted by Gasteiger charge is -2.62. The molecule has 10 atom stereocenters. The van der Waals surface area contributed by atoms with Crippen molar-refractivity contribution in [1.82, 2.24) is 0 Å². The quantitative estimate of drug-likeness (QED) is 0.535. The lowest BCUT2D eigenvalue weighted by atomic mass is 9.43. The van der Waals surface area contributed by atoms with Crippen LogP contribution in [0.2, 0.25) is 0 Å².